The average Bonchev–Trinajstić information content (AvgIpc) is 2.83. The number of likely N-dealkylation sites (tertiary alicyclic amines) is 1. The molecular weight excluding hydrogens is 357 g/mol. The smallest absolute Gasteiger partial charge is 0.442 e. The van der Waals surface area contributed by atoms with Crippen LogP contribution in [-0.2, 0) is 20.7 Å². The summed E-state index contributed by atoms with van der Waals surface area (Å²) in [6, 6.07) is 4.67. The second-order valence-electron chi connectivity index (χ2n) is 5.72. The van der Waals surface area contributed by atoms with E-state index in [1.165, 1.54) is 24.3 Å². The Hall–Kier alpha value is -3.11. The Bertz CT molecular complexity index is 780. The lowest BCUT2D eigenvalue weighted by molar-refractivity contribution is -0.213. The number of halogens is 3. The van der Waals surface area contributed by atoms with Crippen molar-refractivity contribution in [2.45, 2.75) is 24.6 Å². The van der Waals surface area contributed by atoms with Crippen LogP contribution in [-0.4, -0.2) is 47.0 Å². The van der Waals surface area contributed by atoms with Gasteiger partial charge in [-0.3, -0.25) is 15.1 Å². The van der Waals surface area contributed by atoms with E-state index in [9.17, 15) is 27.6 Å². The molecule has 140 valence electrons. The van der Waals surface area contributed by atoms with Crippen molar-refractivity contribution in [2.75, 3.05) is 6.54 Å². The molecule has 0 bridgehead atoms. The molecule has 1 saturated heterocycles. The highest BCUT2D eigenvalue weighted by atomic mass is 19.4. The van der Waals surface area contributed by atoms with Crippen LogP contribution in [0.3, 0.4) is 0 Å². The van der Waals surface area contributed by atoms with Gasteiger partial charge in [0.25, 0.3) is 5.91 Å². The van der Waals surface area contributed by atoms with Crippen LogP contribution in [0.1, 0.15) is 17.5 Å². The number of alkyl halides is 3. The molecule has 26 heavy (non-hydrogen) atoms. The molecule has 8 nitrogen and oxygen atoms in total. The molecule has 1 atom stereocenters. The van der Waals surface area contributed by atoms with E-state index < -0.39 is 36.1 Å². The molecule has 0 saturated carbocycles. The van der Waals surface area contributed by atoms with Crippen molar-refractivity contribution in [3.63, 3.8) is 0 Å². The van der Waals surface area contributed by atoms with Crippen LogP contribution >= 0.6 is 0 Å². The lowest BCUT2D eigenvalue weighted by Gasteiger charge is -2.28. The Kier molecular flexibility index (Phi) is 4.92. The van der Waals surface area contributed by atoms with E-state index in [2.05, 4.69) is 4.74 Å². The number of carbonyl (C=O) groups is 3. The van der Waals surface area contributed by atoms with Gasteiger partial charge in [0.15, 0.2) is 5.60 Å². The van der Waals surface area contributed by atoms with Crippen LogP contribution in [0.2, 0.25) is 0 Å². The molecule has 2 rings (SSSR count). The molecule has 0 spiro atoms. The lowest BCUT2D eigenvalue weighted by Crippen LogP contribution is -2.50. The lowest BCUT2D eigenvalue weighted by atomic mass is 9.91. The zero-order valence-electron chi connectivity index (χ0n) is 13.3. The summed E-state index contributed by atoms with van der Waals surface area (Å²) in [5, 5.41) is 7.40. The minimum Gasteiger partial charge on any atom is -0.442 e. The van der Waals surface area contributed by atoms with Gasteiger partial charge in [-0.15, -0.1) is 0 Å². The van der Waals surface area contributed by atoms with Crippen LogP contribution in [0.4, 0.5) is 18.0 Å². The van der Waals surface area contributed by atoms with Gasteiger partial charge in [0, 0.05) is 24.9 Å². The van der Waals surface area contributed by atoms with Crippen molar-refractivity contribution < 1.29 is 32.3 Å². The highest BCUT2D eigenvalue weighted by Gasteiger charge is 2.55. The first-order chi connectivity index (χ1) is 12.0. The molecule has 3 amide bonds. The van der Waals surface area contributed by atoms with E-state index in [4.69, 9.17) is 16.9 Å². The van der Waals surface area contributed by atoms with Gasteiger partial charge < -0.3 is 16.2 Å². The van der Waals surface area contributed by atoms with Crippen LogP contribution < -0.4 is 11.5 Å². The van der Waals surface area contributed by atoms with Crippen LogP contribution in [0.25, 0.3) is 0 Å². The average molecular weight is 372 g/mol. The maximum Gasteiger partial charge on any atom is 0.490 e. The third-order valence-corrected chi connectivity index (χ3v) is 3.89. The molecule has 1 fully saturated rings. The number of urea groups is 1. The fourth-order valence-electron chi connectivity index (χ4n) is 2.67. The van der Waals surface area contributed by atoms with Gasteiger partial charge in [0.05, 0.1) is 0 Å². The number of imide groups is 1. The number of amidine groups is 1. The number of nitrogens with two attached hydrogens (primary N) is 2. The fraction of sp³-hybridized carbons (Fsp3) is 0.333. The minimum absolute atomic E-state index is 0.275. The summed E-state index contributed by atoms with van der Waals surface area (Å²) in [5.41, 5.74) is 8.75. The molecule has 1 aliphatic rings. The Morgan fingerprint density at radius 3 is 2.46 bits per heavy atom. The number of primary amides is 1. The van der Waals surface area contributed by atoms with Crippen molar-refractivity contribution >= 4 is 23.7 Å². The van der Waals surface area contributed by atoms with Gasteiger partial charge in [-0.1, -0.05) is 18.2 Å². The fourth-order valence-corrected chi connectivity index (χ4v) is 2.67. The number of nitrogen functional groups attached to an aromatic ring is 1. The summed E-state index contributed by atoms with van der Waals surface area (Å²) in [6.07, 6.45) is -6.09. The second kappa shape index (κ2) is 6.65. The number of benzene rings is 1. The van der Waals surface area contributed by atoms with Crippen LogP contribution in [0, 0.1) is 5.41 Å². The second-order valence-corrected chi connectivity index (χ2v) is 5.72. The number of ether oxygens (including phenoxy) is 1. The van der Waals surface area contributed by atoms with E-state index in [1.807, 2.05) is 0 Å². The summed E-state index contributed by atoms with van der Waals surface area (Å²) < 4.78 is 42.4. The maximum absolute atomic E-state index is 12.6. The molecule has 0 unspecified atom stereocenters. The quantitative estimate of drug-likeness (QED) is 0.405. The van der Waals surface area contributed by atoms with Crippen LogP contribution in [0.5, 0.6) is 0 Å². The number of nitrogens with zero attached hydrogens (tertiary/aromatic N) is 1. The molecule has 0 aromatic heterocycles. The highest BCUT2D eigenvalue weighted by molar-refractivity contribution is 6.01. The zero-order chi connectivity index (χ0) is 19.7. The van der Waals surface area contributed by atoms with Crippen molar-refractivity contribution in [3.05, 3.63) is 35.4 Å². The minimum atomic E-state index is -5.31. The number of nitrogens with one attached hydrogen (secondary N) is 1. The SMILES string of the molecule is N=C(N)c1cccc(C[C@]2(OC(=O)C(F)(F)F)CCN(C(N)=O)C2=O)c1. The van der Waals surface area contributed by atoms with Gasteiger partial charge >= 0.3 is 18.2 Å². The normalized spacial score (nSPS) is 20.1. The number of rotatable bonds is 4. The molecule has 0 aliphatic carbocycles. The predicted molar refractivity (Wildman–Crippen MR) is 82.0 cm³/mol. The first kappa shape index (κ1) is 19.2. The van der Waals surface area contributed by atoms with Crippen molar-refractivity contribution in [3.8, 4) is 0 Å². The van der Waals surface area contributed by atoms with E-state index in [1.54, 1.807) is 0 Å². The van der Waals surface area contributed by atoms with Gasteiger partial charge in [-0.05, 0) is 11.6 Å². The van der Waals surface area contributed by atoms with Gasteiger partial charge in [-0.25, -0.2) is 9.59 Å². The van der Waals surface area contributed by atoms with Gasteiger partial charge in [0.1, 0.15) is 5.84 Å². The number of esters is 1. The third-order valence-electron chi connectivity index (χ3n) is 3.89. The molecule has 1 aromatic rings. The number of hydrogen-bond donors (Lipinski definition) is 3. The Labute approximate surface area is 145 Å². The molecule has 5 N–H and O–H groups in total. The topological polar surface area (TPSA) is 140 Å². The van der Waals surface area contributed by atoms with Crippen LogP contribution in [0.15, 0.2) is 24.3 Å². The first-order valence-corrected chi connectivity index (χ1v) is 7.31. The molecule has 11 heteroatoms. The zero-order valence-corrected chi connectivity index (χ0v) is 13.3. The van der Waals surface area contributed by atoms with Gasteiger partial charge in [-0.2, -0.15) is 13.2 Å². The summed E-state index contributed by atoms with van der Waals surface area (Å²) in [7, 11) is 0. The molecule has 1 aliphatic heterocycles. The molecule has 0 radical (unpaired) electrons. The molecular formula is C15H15F3N4O4. The summed E-state index contributed by atoms with van der Waals surface area (Å²) in [5.74, 6) is -3.96. The first-order valence-electron chi connectivity index (χ1n) is 7.31. The van der Waals surface area contributed by atoms with Gasteiger partial charge in [0.2, 0.25) is 0 Å². The monoisotopic (exact) mass is 372 g/mol. The number of amides is 3. The van der Waals surface area contributed by atoms with E-state index in [0.717, 1.165) is 0 Å². The van der Waals surface area contributed by atoms with Crippen molar-refractivity contribution in [1.29, 1.82) is 5.41 Å². The number of hydrogen-bond acceptors (Lipinski definition) is 5. The number of carbonyl (C=O) groups excluding carboxylic acids is 3. The largest absolute Gasteiger partial charge is 0.490 e. The van der Waals surface area contributed by atoms with Crippen molar-refractivity contribution in [1.82, 2.24) is 4.90 Å². The molecule has 1 aromatic carbocycles. The maximum atomic E-state index is 12.6. The Morgan fingerprint density at radius 2 is 1.96 bits per heavy atom. The molecule has 1 heterocycles. The van der Waals surface area contributed by atoms with E-state index in [-0.39, 0.29) is 24.4 Å². The summed E-state index contributed by atoms with van der Waals surface area (Å²) in [4.78, 5) is 35.6. The summed E-state index contributed by atoms with van der Waals surface area (Å²) in [6.45, 7) is -0.286. The third kappa shape index (κ3) is 3.76. The Balaban J connectivity index is 2.40. The van der Waals surface area contributed by atoms with E-state index >= 15 is 0 Å². The standard InChI is InChI=1S/C15H15F3N4O4/c16-15(17,18)12(24)26-14(4-5-22(11(14)23)13(21)25)7-8-2-1-3-9(6-8)10(19)20/h1-3,6H,4-5,7H2,(H3,19,20)(H2,21,25)/t14-/m1/s1. The van der Waals surface area contributed by atoms with E-state index in [0.29, 0.717) is 10.5 Å². The predicted octanol–water partition coefficient (Wildman–Crippen LogP) is 0.668. The summed E-state index contributed by atoms with van der Waals surface area (Å²) >= 11 is 0. The van der Waals surface area contributed by atoms with Crippen molar-refractivity contribution in [2.24, 2.45) is 11.5 Å². The Morgan fingerprint density at radius 1 is 1.31 bits per heavy atom. The highest BCUT2D eigenvalue weighted by Crippen LogP contribution is 2.33.